The summed E-state index contributed by atoms with van der Waals surface area (Å²) >= 11 is 0. The van der Waals surface area contributed by atoms with E-state index in [-0.39, 0.29) is 24.6 Å². The number of aromatic nitrogens is 1. The third-order valence-corrected chi connectivity index (χ3v) is 1.74. The number of hydrogen-bond acceptors (Lipinski definition) is 5. The number of ether oxygens (including phenoxy) is 1. The summed E-state index contributed by atoms with van der Waals surface area (Å²) in [6.07, 6.45) is 5.24. The van der Waals surface area contributed by atoms with Crippen LogP contribution < -0.4 is 4.74 Å². The van der Waals surface area contributed by atoms with Crippen LogP contribution in [-0.4, -0.2) is 27.6 Å². The van der Waals surface area contributed by atoms with Crippen LogP contribution in [0.15, 0.2) is 12.1 Å². The summed E-state index contributed by atoms with van der Waals surface area (Å²) in [6.45, 7) is 0.0351. The predicted molar refractivity (Wildman–Crippen MR) is 56.8 cm³/mol. The highest BCUT2D eigenvalue weighted by Crippen LogP contribution is 2.24. The Morgan fingerprint density at radius 1 is 1.65 bits per heavy atom. The van der Waals surface area contributed by atoms with Crippen molar-refractivity contribution in [2.45, 2.75) is 6.42 Å². The van der Waals surface area contributed by atoms with Crippen molar-refractivity contribution in [2.24, 2.45) is 0 Å². The molecule has 7 nitrogen and oxygen atoms in total. The van der Waals surface area contributed by atoms with Gasteiger partial charge in [0.15, 0.2) is 5.69 Å². The highest BCUT2D eigenvalue weighted by atomic mass is 16.6. The Kier molecular flexibility index (Phi) is 4.00. The Hall–Kier alpha value is -2.62. The molecule has 0 aliphatic carbocycles. The largest absolute Gasteiger partial charge is 0.477 e. The van der Waals surface area contributed by atoms with Gasteiger partial charge in [-0.05, 0) is 6.07 Å². The molecular formula is C10H8N2O5. The molecule has 0 atom stereocenters. The average Bonchev–Trinajstić information content (AvgIpc) is 2.28. The second kappa shape index (κ2) is 5.46. The number of carboxylic acid groups (broad SMARTS) is 1. The van der Waals surface area contributed by atoms with E-state index >= 15 is 0 Å². The lowest BCUT2D eigenvalue weighted by Gasteiger charge is -2.04. The van der Waals surface area contributed by atoms with Gasteiger partial charge in [-0.3, -0.25) is 10.1 Å². The summed E-state index contributed by atoms with van der Waals surface area (Å²) in [7, 11) is 0. The van der Waals surface area contributed by atoms with Crippen molar-refractivity contribution in [3.05, 3.63) is 27.9 Å². The SMILES string of the molecule is C#CCCOc1nc(C(=O)O)ccc1[N+](=O)[O-]. The van der Waals surface area contributed by atoms with E-state index in [2.05, 4.69) is 10.9 Å². The molecule has 7 heteroatoms. The van der Waals surface area contributed by atoms with Crippen LogP contribution in [0.25, 0.3) is 0 Å². The van der Waals surface area contributed by atoms with Crippen LogP contribution in [-0.2, 0) is 0 Å². The molecule has 0 saturated carbocycles. The molecular weight excluding hydrogens is 228 g/mol. The molecule has 1 aromatic rings. The van der Waals surface area contributed by atoms with Crippen LogP contribution in [0.5, 0.6) is 5.88 Å². The zero-order valence-electron chi connectivity index (χ0n) is 8.62. The molecule has 1 rings (SSSR count). The lowest BCUT2D eigenvalue weighted by atomic mass is 10.3. The van der Waals surface area contributed by atoms with Gasteiger partial charge in [0, 0.05) is 12.5 Å². The van der Waals surface area contributed by atoms with Gasteiger partial charge in [-0.2, -0.15) is 0 Å². The number of aromatic carboxylic acids is 1. The molecule has 0 fully saturated rings. The van der Waals surface area contributed by atoms with Crippen molar-refractivity contribution in [1.29, 1.82) is 0 Å². The molecule has 0 radical (unpaired) electrons. The predicted octanol–water partition coefficient (Wildman–Crippen LogP) is 1.09. The van der Waals surface area contributed by atoms with Gasteiger partial charge in [0.1, 0.15) is 6.61 Å². The maximum Gasteiger partial charge on any atom is 0.354 e. The monoisotopic (exact) mass is 236 g/mol. The highest BCUT2D eigenvalue weighted by molar-refractivity contribution is 5.85. The lowest BCUT2D eigenvalue weighted by molar-refractivity contribution is -0.386. The number of hydrogen-bond donors (Lipinski definition) is 1. The Morgan fingerprint density at radius 3 is 2.88 bits per heavy atom. The molecule has 1 heterocycles. The Labute approximate surface area is 96.2 Å². The van der Waals surface area contributed by atoms with Crippen molar-refractivity contribution in [3.63, 3.8) is 0 Å². The summed E-state index contributed by atoms with van der Waals surface area (Å²) < 4.78 is 4.97. The summed E-state index contributed by atoms with van der Waals surface area (Å²) in [5.74, 6) is 0.653. The Morgan fingerprint density at radius 2 is 2.35 bits per heavy atom. The third-order valence-electron chi connectivity index (χ3n) is 1.74. The van der Waals surface area contributed by atoms with Gasteiger partial charge >= 0.3 is 11.7 Å². The summed E-state index contributed by atoms with van der Waals surface area (Å²) in [5.41, 5.74) is -0.724. The van der Waals surface area contributed by atoms with Crippen molar-refractivity contribution in [3.8, 4) is 18.2 Å². The molecule has 0 aromatic carbocycles. The molecule has 1 aromatic heterocycles. The van der Waals surface area contributed by atoms with E-state index in [1.807, 2.05) is 0 Å². The molecule has 17 heavy (non-hydrogen) atoms. The summed E-state index contributed by atoms with van der Waals surface area (Å²) in [6, 6.07) is 2.07. The Balaban J connectivity index is 3.03. The van der Waals surface area contributed by atoms with Crippen LogP contribution in [0.2, 0.25) is 0 Å². The van der Waals surface area contributed by atoms with E-state index in [4.69, 9.17) is 16.3 Å². The molecule has 88 valence electrons. The minimum absolute atomic E-state index is 0.0351. The third kappa shape index (κ3) is 3.17. The lowest BCUT2D eigenvalue weighted by Crippen LogP contribution is -2.06. The second-order valence-electron chi connectivity index (χ2n) is 2.89. The van der Waals surface area contributed by atoms with Gasteiger partial charge in [0.2, 0.25) is 0 Å². The van der Waals surface area contributed by atoms with Gasteiger partial charge in [-0.1, -0.05) is 0 Å². The van der Waals surface area contributed by atoms with E-state index < -0.39 is 16.6 Å². The number of rotatable bonds is 5. The standard InChI is InChI=1S/C10H8N2O5/c1-2-3-6-17-9-8(12(15)16)5-4-7(11-9)10(13)14/h1,4-5H,3,6H2,(H,13,14). The molecule has 0 aliphatic rings. The first-order chi connectivity index (χ1) is 8.06. The van der Waals surface area contributed by atoms with Gasteiger partial charge in [0.05, 0.1) is 4.92 Å². The number of carboxylic acids is 1. The fourth-order valence-corrected chi connectivity index (χ4v) is 1.00. The van der Waals surface area contributed by atoms with Gasteiger partial charge < -0.3 is 9.84 Å². The normalized spacial score (nSPS) is 9.35. The van der Waals surface area contributed by atoms with Gasteiger partial charge in [0.25, 0.3) is 5.88 Å². The molecule has 0 spiro atoms. The van der Waals surface area contributed by atoms with Gasteiger partial charge in [-0.15, -0.1) is 12.3 Å². The van der Waals surface area contributed by atoms with Crippen molar-refractivity contribution >= 4 is 11.7 Å². The minimum Gasteiger partial charge on any atom is -0.477 e. The first-order valence-corrected chi connectivity index (χ1v) is 4.51. The molecule has 0 bridgehead atoms. The first kappa shape index (κ1) is 12.4. The fourth-order valence-electron chi connectivity index (χ4n) is 1.00. The zero-order valence-corrected chi connectivity index (χ0v) is 8.62. The zero-order chi connectivity index (χ0) is 12.8. The van der Waals surface area contributed by atoms with Crippen LogP contribution in [0.3, 0.4) is 0 Å². The van der Waals surface area contributed by atoms with Crippen LogP contribution in [0, 0.1) is 22.5 Å². The van der Waals surface area contributed by atoms with Crippen molar-refractivity contribution < 1.29 is 19.6 Å². The van der Waals surface area contributed by atoms with Crippen molar-refractivity contribution in [2.75, 3.05) is 6.61 Å². The summed E-state index contributed by atoms with van der Waals surface area (Å²) in [5, 5.41) is 19.3. The first-order valence-electron chi connectivity index (χ1n) is 4.51. The number of nitro groups is 1. The van der Waals surface area contributed by atoms with E-state index in [9.17, 15) is 14.9 Å². The van der Waals surface area contributed by atoms with Crippen molar-refractivity contribution in [1.82, 2.24) is 4.98 Å². The molecule has 1 N–H and O–H groups in total. The number of carbonyl (C=O) groups is 1. The maximum atomic E-state index is 10.6. The molecule has 0 unspecified atom stereocenters. The highest BCUT2D eigenvalue weighted by Gasteiger charge is 2.19. The fraction of sp³-hybridized carbons (Fsp3) is 0.200. The summed E-state index contributed by atoms with van der Waals surface area (Å²) in [4.78, 5) is 24.1. The van der Waals surface area contributed by atoms with E-state index in [0.29, 0.717) is 0 Å². The molecule has 0 saturated heterocycles. The molecule has 0 aliphatic heterocycles. The number of nitrogens with zero attached hydrogens (tertiary/aromatic N) is 2. The Bertz CT molecular complexity index is 492. The van der Waals surface area contributed by atoms with Crippen LogP contribution >= 0.6 is 0 Å². The van der Waals surface area contributed by atoms with E-state index in [1.165, 1.54) is 0 Å². The quantitative estimate of drug-likeness (QED) is 0.355. The van der Waals surface area contributed by atoms with Crippen LogP contribution in [0.1, 0.15) is 16.9 Å². The maximum absolute atomic E-state index is 10.6. The second-order valence-corrected chi connectivity index (χ2v) is 2.89. The average molecular weight is 236 g/mol. The van der Waals surface area contributed by atoms with Crippen LogP contribution in [0.4, 0.5) is 5.69 Å². The van der Waals surface area contributed by atoms with Gasteiger partial charge in [-0.25, -0.2) is 9.78 Å². The minimum atomic E-state index is -1.29. The molecule has 0 amide bonds. The smallest absolute Gasteiger partial charge is 0.354 e. The van der Waals surface area contributed by atoms with E-state index in [1.54, 1.807) is 0 Å². The van der Waals surface area contributed by atoms with E-state index in [0.717, 1.165) is 12.1 Å². The number of pyridine rings is 1. The topological polar surface area (TPSA) is 103 Å². The number of terminal acetylenes is 1.